The van der Waals surface area contributed by atoms with Crippen molar-refractivity contribution in [2.45, 2.75) is 12.2 Å². The predicted octanol–water partition coefficient (Wildman–Crippen LogP) is -0.469. The van der Waals surface area contributed by atoms with Crippen LogP contribution in [0.15, 0.2) is 0 Å². The van der Waals surface area contributed by atoms with Crippen LogP contribution in [-0.4, -0.2) is 37.0 Å². The van der Waals surface area contributed by atoms with Crippen LogP contribution >= 0.6 is 0 Å². The molecule has 0 bridgehead atoms. The van der Waals surface area contributed by atoms with Crippen molar-refractivity contribution in [3.63, 3.8) is 0 Å². The number of carbonyl (C=O) groups excluding carboxylic acids is 2. The van der Waals surface area contributed by atoms with Gasteiger partial charge in [0.2, 0.25) is 6.79 Å². The fourth-order valence-corrected chi connectivity index (χ4v) is 0.625. The van der Waals surface area contributed by atoms with Gasteiger partial charge in [-0.25, -0.2) is 4.79 Å². The van der Waals surface area contributed by atoms with Gasteiger partial charge in [-0.2, -0.15) is 17.2 Å². The van der Waals surface area contributed by atoms with Gasteiger partial charge >= 0.3 is 27.3 Å². The minimum absolute atomic E-state index is 0.911. The van der Waals surface area contributed by atoms with Gasteiger partial charge in [0.05, 0.1) is 0 Å². The molecule has 0 aliphatic heterocycles. The van der Waals surface area contributed by atoms with Gasteiger partial charge in [0.15, 0.2) is 0 Å². The SMILES string of the molecule is CC(=O)OCOC(=O)C(F)(F)S(=O)(=O)O. The van der Waals surface area contributed by atoms with Gasteiger partial charge in [0.1, 0.15) is 0 Å². The smallest absolute Gasteiger partial charge is 0.428 e. The first-order valence-electron chi connectivity index (χ1n) is 3.24. The molecule has 0 aromatic carbocycles. The summed E-state index contributed by atoms with van der Waals surface area (Å²) in [7, 11) is -5.90. The van der Waals surface area contributed by atoms with Gasteiger partial charge in [-0.05, 0) is 0 Å². The third-order valence-corrected chi connectivity index (χ3v) is 1.83. The number of esters is 2. The molecule has 0 aromatic rings. The van der Waals surface area contributed by atoms with Crippen molar-refractivity contribution in [3.05, 3.63) is 0 Å². The summed E-state index contributed by atoms with van der Waals surface area (Å²) in [6, 6.07) is 0. The standard InChI is InChI=1S/C5H6F2O7S/c1-3(8)13-2-14-4(9)5(6,7)15(10,11)12/h2H2,1H3,(H,10,11,12). The summed E-state index contributed by atoms with van der Waals surface area (Å²) in [4.78, 5) is 20.5. The summed E-state index contributed by atoms with van der Waals surface area (Å²) in [6.07, 6.45) is 0. The zero-order valence-electron chi connectivity index (χ0n) is 7.27. The predicted molar refractivity (Wildman–Crippen MR) is 39.2 cm³/mol. The van der Waals surface area contributed by atoms with Gasteiger partial charge in [0, 0.05) is 6.92 Å². The van der Waals surface area contributed by atoms with Crippen LogP contribution in [0, 0.1) is 0 Å². The van der Waals surface area contributed by atoms with E-state index < -0.39 is 34.1 Å². The second-order valence-corrected chi connectivity index (χ2v) is 3.64. The van der Waals surface area contributed by atoms with Crippen LogP contribution in [-0.2, 0) is 29.2 Å². The maximum Gasteiger partial charge on any atom is 0.465 e. The molecule has 0 fully saturated rings. The second kappa shape index (κ2) is 4.49. The van der Waals surface area contributed by atoms with Crippen molar-refractivity contribution in [3.8, 4) is 0 Å². The van der Waals surface area contributed by atoms with E-state index in [1.54, 1.807) is 0 Å². The molecule has 88 valence electrons. The van der Waals surface area contributed by atoms with E-state index in [1.807, 2.05) is 0 Å². The normalized spacial score (nSPS) is 12.0. The van der Waals surface area contributed by atoms with Gasteiger partial charge in [0.25, 0.3) is 0 Å². The maximum atomic E-state index is 12.4. The lowest BCUT2D eigenvalue weighted by Gasteiger charge is -2.11. The largest absolute Gasteiger partial charge is 0.465 e. The maximum absolute atomic E-state index is 12.4. The molecule has 0 aliphatic carbocycles. The third kappa shape index (κ3) is 3.75. The molecule has 10 heteroatoms. The Morgan fingerprint density at radius 3 is 2.13 bits per heavy atom. The molecule has 0 saturated heterocycles. The fraction of sp³-hybridized carbons (Fsp3) is 0.600. The lowest BCUT2D eigenvalue weighted by molar-refractivity contribution is -0.178. The Morgan fingerprint density at radius 2 is 1.80 bits per heavy atom. The van der Waals surface area contributed by atoms with Gasteiger partial charge in [-0.1, -0.05) is 0 Å². The van der Waals surface area contributed by atoms with Gasteiger partial charge in [-0.3, -0.25) is 9.35 Å². The van der Waals surface area contributed by atoms with Crippen LogP contribution in [0.5, 0.6) is 0 Å². The van der Waals surface area contributed by atoms with Crippen molar-refractivity contribution in [1.82, 2.24) is 0 Å². The Labute approximate surface area is 82.7 Å². The van der Waals surface area contributed by atoms with Crippen molar-refractivity contribution in [1.29, 1.82) is 0 Å². The average Bonchev–Trinajstić information content (AvgIpc) is 2.01. The lowest BCUT2D eigenvalue weighted by atomic mass is 10.7. The molecule has 0 radical (unpaired) electrons. The summed E-state index contributed by atoms with van der Waals surface area (Å²) in [5, 5.41) is -5.09. The first-order chi connectivity index (χ1) is 6.59. The highest BCUT2D eigenvalue weighted by atomic mass is 32.2. The van der Waals surface area contributed by atoms with Crippen LogP contribution in [0.3, 0.4) is 0 Å². The minimum atomic E-state index is -5.90. The van der Waals surface area contributed by atoms with Crippen molar-refractivity contribution < 1.29 is 40.8 Å². The van der Waals surface area contributed by atoms with E-state index in [1.165, 1.54) is 0 Å². The number of ether oxygens (including phenoxy) is 2. The molecule has 0 aromatic heterocycles. The Morgan fingerprint density at radius 1 is 1.33 bits per heavy atom. The molecule has 0 rings (SSSR count). The van der Waals surface area contributed by atoms with E-state index in [4.69, 9.17) is 4.55 Å². The number of hydrogen-bond donors (Lipinski definition) is 1. The van der Waals surface area contributed by atoms with Gasteiger partial charge < -0.3 is 9.47 Å². The number of carbonyl (C=O) groups is 2. The number of alkyl halides is 2. The van der Waals surface area contributed by atoms with Crippen LogP contribution in [0.25, 0.3) is 0 Å². The number of rotatable bonds is 4. The lowest BCUT2D eigenvalue weighted by Crippen LogP contribution is -2.39. The van der Waals surface area contributed by atoms with Crippen LogP contribution < -0.4 is 0 Å². The third-order valence-electron chi connectivity index (χ3n) is 1.01. The summed E-state index contributed by atoms with van der Waals surface area (Å²) < 4.78 is 60.2. The molecule has 0 heterocycles. The first kappa shape index (κ1) is 13.7. The molecule has 1 N–H and O–H groups in total. The van der Waals surface area contributed by atoms with E-state index in [0.717, 1.165) is 6.92 Å². The van der Waals surface area contributed by atoms with Crippen LogP contribution in [0.2, 0.25) is 0 Å². The highest BCUT2D eigenvalue weighted by molar-refractivity contribution is 7.87. The zero-order chi connectivity index (χ0) is 12.3. The van der Waals surface area contributed by atoms with E-state index >= 15 is 0 Å². The summed E-state index contributed by atoms with van der Waals surface area (Å²) >= 11 is 0. The number of halogens is 2. The average molecular weight is 248 g/mol. The van der Waals surface area contributed by atoms with Crippen LogP contribution in [0.1, 0.15) is 6.92 Å². The molecule has 0 saturated carbocycles. The van der Waals surface area contributed by atoms with E-state index in [2.05, 4.69) is 9.47 Å². The molecule has 0 unspecified atom stereocenters. The molecule has 0 atom stereocenters. The molecular formula is C5H6F2O7S. The van der Waals surface area contributed by atoms with Crippen LogP contribution in [0.4, 0.5) is 8.78 Å². The quantitative estimate of drug-likeness (QED) is 0.407. The highest BCUT2D eigenvalue weighted by Crippen LogP contribution is 2.21. The highest BCUT2D eigenvalue weighted by Gasteiger charge is 2.54. The number of hydrogen-bond acceptors (Lipinski definition) is 6. The molecular weight excluding hydrogens is 242 g/mol. The second-order valence-electron chi connectivity index (χ2n) is 2.18. The van der Waals surface area contributed by atoms with E-state index in [0.29, 0.717) is 0 Å². The van der Waals surface area contributed by atoms with Crippen molar-refractivity contribution in [2.75, 3.05) is 6.79 Å². The Balaban J connectivity index is 4.41. The molecule has 15 heavy (non-hydrogen) atoms. The van der Waals surface area contributed by atoms with Crippen molar-refractivity contribution >= 4 is 22.1 Å². The van der Waals surface area contributed by atoms with E-state index in [-0.39, 0.29) is 0 Å². The topological polar surface area (TPSA) is 107 Å². The van der Waals surface area contributed by atoms with Gasteiger partial charge in [-0.15, -0.1) is 0 Å². The fourth-order valence-electron chi connectivity index (χ4n) is 0.355. The first-order valence-corrected chi connectivity index (χ1v) is 4.68. The summed E-state index contributed by atoms with van der Waals surface area (Å²) in [6.45, 7) is -0.256. The molecule has 0 amide bonds. The Bertz CT molecular complexity index is 360. The summed E-state index contributed by atoms with van der Waals surface area (Å²) in [5.74, 6) is -3.45. The Kier molecular flexibility index (Phi) is 4.10. The van der Waals surface area contributed by atoms with Crippen molar-refractivity contribution in [2.24, 2.45) is 0 Å². The zero-order valence-corrected chi connectivity index (χ0v) is 8.08. The summed E-state index contributed by atoms with van der Waals surface area (Å²) in [5.41, 5.74) is 0. The molecule has 0 aliphatic rings. The monoisotopic (exact) mass is 248 g/mol. The molecule has 0 spiro atoms. The minimum Gasteiger partial charge on any atom is -0.428 e. The van der Waals surface area contributed by atoms with E-state index in [9.17, 15) is 26.8 Å². The molecule has 7 nitrogen and oxygen atoms in total. The Hall–Kier alpha value is -1.29.